The van der Waals surface area contributed by atoms with Gasteiger partial charge in [-0.05, 0) is 35.7 Å². The zero-order chi connectivity index (χ0) is 18.4. The molecule has 0 aromatic heterocycles. The van der Waals surface area contributed by atoms with Crippen LogP contribution in [0, 0.1) is 5.92 Å². The lowest BCUT2D eigenvalue weighted by Crippen LogP contribution is -2.29. The van der Waals surface area contributed by atoms with Gasteiger partial charge < -0.3 is 5.32 Å². The highest BCUT2D eigenvalue weighted by atomic mass is 32.2. The van der Waals surface area contributed by atoms with E-state index < -0.39 is 10.0 Å². The number of para-hydroxylation sites is 1. The summed E-state index contributed by atoms with van der Waals surface area (Å²) < 4.78 is 25.6. The van der Waals surface area contributed by atoms with Gasteiger partial charge in [0.05, 0.1) is 18.5 Å². The number of hydrogen-bond donors (Lipinski definition) is 1. The van der Waals surface area contributed by atoms with Gasteiger partial charge in [-0.1, -0.05) is 44.2 Å². The summed E-state index contributed by atoms with van der Waals surface area (Å²) in [5.74, 6) is 0.265. The average Bonchev–Trinajstić information content (AvgIpc) is 2.58. The molecule has 0 unspecified atom stereocenters. The molecule has 0 fully saturated rings. The number of anilines is 1. The van der Waals surface area contributed by atoms with Crippen LogP contribution in [-0.2, 0) is 16.6 Å². The molecule has 2 aromatic rings. The van der Waals surface area contributed by atoms with Gasteiger partial charge in [-0.25, -0.2) is 8.42 Å². The lowest BCUT2D eigenvalue weighted by Gasteiger charge is -2.22. The Morgan fingerprint density at radius 3 is 2.16 bits per heavy atom. The SMILES string of the molecule is CC(C)CNC(=O)c1ccc(CN(c2ccccc2)S(C)(=O)=O)cc1. The maximum atomic E-state index is 12.1. The van der Waals surface area contributed by atoms with Crippen molar-refractivity contribution in [2.45, 2.75) is 20.4 Å². The molecule has 1 amide bonds. The predicted octanol–water partition coefficient (Wildman–Crippen LogP) is 3.04. The molecule has 25 heavy (non-hydrogen) atoms. The van der Waals surface area contributed by atoms with Crippen LogP contribution in [0.1, 0.15) is 29.8 Å². The summed E-state index contributed by atoms with van der Waals surface area (Å²) in [6.07, 6.45) is 1.19. The number of sulfonamides is 1. The second-order valence-corrected chi connectivity index (χ2v) is 8.31. The van der Waals surface area contributed by atoms with Gasteiger partial charge in [0.2, 0.25) is 10.0 Å². The first kappa shape index (κ1) is 19.0. The first-order valence-electron chi connectivity index (χ1n) is 8.17. The summed E-state index contributed by atoms with van der Waals surface area (Å²) in [5, 5.41) is 2.86. The summed E-state index contributed by atoms with van der Waals surface area (Å²) in [5.41, 5.74) is 1.99. The molecular weight excluding hydrogens is 336 g/mol. The fourth-order valence-corrected chi connectivity index (χ4v) is 3.21. The Bertz CT molecular complexity index is 800. The fraction of sp³-hybridized carbons (Fsp3) is 0.316. The van der Waals surface area contributed by atoms with E-state index in [2.05, 4.69) is 5.32 Å². The minimum absolute atomic E-state index is 0.122. The largest absolute Gasteiger partial charge is 0.352 e. The molecule has 134 valence electrons. The van der Waals surface area contributed by atoms with E-state index in [9.17, 15) is 13.2 Å². The van der Waals surface area contributed by atoms with Crippen LogP contribution in [0.15, 0.2) is 54.6 Å². The van der Waals surface area contributed by atoms with Crippen molar-refractivity contribution in [3.8, 4) is 0 Å². The van der Waals surface area contributed by atoms with Crippen molar-refractivity contribution < 1.29 is 13.2 Å². The summed E-state index contributed by atoms with van der Waals surface area (Å²) in [6.45, 7) is 4.91. The Hall–Kier alpha value is -2.34. The highest BCUT2D eigenvalue weighted by molar-refractivity contribution is 7.92. The normalized spacial score (nSPS) is 11.4. The van der Waals surface area contributed by atoms with Crippen LogP contribution in [0.2, 0.25) is 0 Å². The van der Waals surface area contributed by atoms with Gasteiger partial charge in [0.1, 0.15) is 0 Å². The maximum absolute atomic E-state index is 12.1. The van der Waals surface area contributed by atoms with E-state index in [1.807, 2.05) is 19.9 Å². The van der Waals surface area contributed by atoms with Gasteiger partial charge in [-0.15, -0.1) is 0 Å². The number of carbonyl (C=O) groups is 1. The molecule has 0 spiro atoms. The smallest absolute Gasteiger partial charge is 0.251 e. The van der Waals surface area contributed by atoms with E-state index in [-0.39, 0.29) is 12.5 Å². The van der Waals surface area contributed by atoms with E-state index in [1.54, 1.807) is 48.5 Å². The molecule has 0 aliphatic carbocycles. The standard InChI is InChI=1S/C19H24N2O3S/c1-15(2)13-20-19(22)17-11-9-16(10-12-17)14-21(25(3,23)24)18-7-5-4-6-8-18/h4-12,15H,13-14H2,1-3H3,(H,20,22). The molecule has 2 aromatic carbocycles. The minimum atomic E-state index is -3.41. The van der Waals surface area contributed by atoms with Gasteiger partial charge in [0.15, 0.2) is 0 Å². The van der Waals surface area contributed by atoms with E-state index >= 15 is 0 Å². The first-order valence-corrected chi connectivity index (χ1v) is 10.0. The quantitative estimate of drug-likeness (QED) is 0.825. The van der Waals surface area contributed by atoms with E-state index in [0.717, 1.165) is 5.56 Å². The second kappa shape index (κ2) is 8.16. The van der Waals surface area contributed by atoms with Gasteiger partial charge in [0, 0.05) is 12.1 Å². The Kier molecular flexibility index (Phi) is 6.20. The molecule has 5 nitrogen and oxygen atoms in total. The topological polar surface area (TPSA) is 66.5 Å². The Balaban J connectivity index is 2.14. The zero-order valence-electron chi connectivity index (χ0n) is 14.8. The molecule has 0 saturated carbocycles. The fourth-order valence-electron chi connectivity index (χ4n) is 2.32. The van der Waals surface area contributed by atoms with E-state index in [1.165, 1.54) is 10.6 Å². The third-order valence-electron chi connectivity index (χ3n) is 3.66. The van der Waals surface area contributed by atoms with E-state index in [0.29, 0.717) is 23.7 Å². The summed E-state index contributed by atoms with van der Waals surface area (Å²) in [6, 6.07) is 16.0. The number of carbonyl (C=O) groups excluding carboxylic acids is 1. The summed E-state index contributed by atoms with van der Waals surface area (Å²) in [4.78, 5) is 12.0. The molecular formula is C19H24N2O3S. The van der Waals surface area contributed by atoms with Gasteiger partial charge in [0.25, 0.3) is 5.91 Å². The zero-order valence-corrected chi connectivity index (χ0v) is 15.6. The lowest BCUT2D eigenvalue weighted by molar-refractivity contribution is 0.0949. The Labute approximate surface area is 149 Å². The van der Waals surface area contributed by atoms with Crippen molar-refractivity contribution in [3.05, 3.63) is 65.7 Å². The lowest BCUT2D eigenvalue weighted by atomic mass is 10.1. The second-order valence-electron chi connectivity index (χ2n) is 6.41. The molecule has 0 saturated heterocycles. The number of amides is 1. The van der Waals surface area contributed by atoms with Crippen molar-refractivity contribution in [1.29, 1.82) is 0 Å². The number of rotatable bonds is 7. The first-order chi connectivity index (χ1) is 11.8. The van der Waals surface area contributed by atoms with Crippen molar-refractivity contribution in [1.82, 2.24) is 5.32 Å². The highest BCUT2D eigenvalue weighted by Gasteiger charge is 2.17. The van der Waals surface area contributed by atoms with E-state index in [4.69, 9.17) is 0 Å². The molecule has 0 aliphatic heterocycles. The molecule has 0 atom stereocenters. The van der Waals surface area contributed by atoms with Crippen LogP contribution in [-0.4, -0.2) is 27.1 Å². The molecule has 6 heteroatoms. The highest BCUT2D eigenvalue weighted by Crippen LogP contribution is 2.20. The minimum Gasteiger partial charge on any atom is -0.352 e. The van der Waals surface area contributed by atoms with Gasteiger partial charge in [-0.2, -0.15) is 0 Å². The van der Waals surface area contributed by atoms with Gasteiger partial charge in [-0.3, -0.25) is 9.10 Å². The third-order valence-corrected chi connectivity index (χ3v) is 4.80. The van der Waals surface area contributed by atoms with Crippen molar-refractivity contribution >= 4 is 21.6 Å². The van der Waals surface area contributed by atoms with Crippen LogP contribution in [0.25, 0.3) is 0 Å². The molecule has 1 N–H and O–H groups in total. The third kappa shape index (κ3) is 5.60. The van der Waals surface area contributed by atoms with Crippen LogP contribution in [0.5, 0.6) is 0 Å². The van der Waals surface area contributed by atoms with Crippen molar-refractivity contribution in [3.63, 3.8) is 0 Å². The Morgan fingerprint density at radius 1 is 1.04 bits per heavy atom. The number of nitrogens with one attached hydrogen (secondary N) is 1. The molecule has 0 bridgehead atoms. The number of hydrogen-bond acceptors (Lipinski definition) is 3. The molecule has 0 heterocycles. The van der Waals surface area contributed by atoms with Crippen LogP contribution >= 0.6 is 0 Å². The van der Waals surface area contributed by atoms with Gasteiger partial charge >= 0.3 is 0 Å². The summed E-state index contributed by atoms with van der Waals surface area (Å²) >= 11 is 0. The number of nitrogens with zero attached hydrogens (tertiary/aromatic N) is 1. The number of benzene rings is 2. The van der Waals surface area contributed by atoms with Crippen LogP contribution < -0.4 is 9.62 Å². The van der Waals surface area contributed by atoms with Crippen molar-refractivity contribution in [2.24, 2.45) is 5.92 Å². The van der Waals surface area contributed by atoms with Crippen LogP contribution in [0.3, 0.4) is 0 Å². The van der Waals surface area contributed by atoms with Crippen molar-refractivity contribution in [2.75, 3.05) is 17.1 Å². The van der Waals surface area contributed by atoms with Crippen LogP contribution in [0.4, 0.5) is 5.69 Å². The Morgan fingerprint density at radius 2 is 1.64 bits per heavy atom. The average molecular weight is 360 g/mol. The maximum Gasteiger partial charge on any atom is 0.251 e. The molecule has 2 rings (SSSR count). The predicted molar refractivity (Wildman–Crippen MR) is 101 cm³/mol. The molecule has 0 radical (unpaired) electrons. The summed E-state index contributed by atoms with van der Waals surface area (Å²) in [7, 11) is -3.41. The monoisotopic (exact) mass is 360 g/mol. The molecule has 0 aliphatic rings.